The van der Waals surface area contributed by atoms with Crippen molar-refractivity contribution in [2.45, 2.75) is 56.7 Å². The van der Waals surface area contributed by atoms with Gasteiger partial charge < -0.3 is 5.11 Å². The van der Waals surface area contributed by atoms with Gasteiger partial charge in [0.25, 0.3) is 0 Å². The molecule has 0 aromatic rings. The molecule has 1 N–H and O–H groups in total. The minimum atomic E-state index is -1.01. The number of carbonyl (C=O) groups excluding carboxylic acids is 2. The van der Waals surface area contributed by atoms with Crippen LogP contribution in [-0.4, -0.2) is 56.9 Å². The summed E-state index contributed by atoms with van der Waals surface area (Å²) in [7, 11) is 0. The fourth-order valence-electron chi connectivity index (χ4n) is 3.31. The standard InChI is InChI=1S/C13H18N2O4/c1-13(12(18)19)5-2-6-14(13)9-7-10(16)15(11(9)17)8-3-4-8/h8-9H,2-7H2,1H3,(H,18,19). The van der Waals surface area contributed by atoms with Crippen molar-refractivity contribution < 1.29 is 19.5 Å². The first-order valence-electron chi connectivity index (χ1n) is 6.81. The van der Waals surface area contributed by atoms with Crippen molar-refractivity contribution in [2.24, 2.45) is 0 Å². The molecule has 1 aliphatic carbocycles. The minimum absolute atomic E-state index is 0.0729. The first-order valence-corrected chi connectivity index (χ1v) is 6.81. The molecule has 0 radical (unpaired) electrons. The zero-order valence-electron chi connectivity index (χ0n) is 11.0. The molecular formula is C13H18N2O4. The van der Waals surface area contributed by atoms with Gasteiger partial charge in [0.05, 0.1) is 12.5 Å². The maximum absolute atomic E-state index is 12.4. The Morgan fingerprint density at radius 2 is 2.05 bits per heavy atom. The normalized spacial score (nSPS) is 36.3. The summed E-state index contributed by atoms with van der Waals surface area (Å²) < 4.78 is 0. The average molecular weight is 266 g/mol. The number of hydrogen-bond acceptors (Lipinski definition) is 4. The number of rotatable bonds is 3. The fourth-order valence-corrected chi connectivity index (χ4v) is 3.31. The van der Waals surface area contributed by atoms with Crippen LogP contribution >= 0.6 is 0 Å². The number of carbonyl (C=O) groups is 3. The number of nitrogens with zero attached hydrogens (tertiary/aromatic N) is 2. The lowest BCUT2D eigenvalue weighted by molar-refractivity contribution is -0.151. The summed E-state index contributed by atoms with van der Waals surface area (Å²) in [4.78, 5) is 38.9. The molecule has 6 heteroatoms. The topological polar surface area (TPSA) is 77.9 Å². The molecule has 0 spiro atoms. The molecule has 2 saturated heterocycles. The zero-order valence-corrected chi connectivity index (χ0v) is 11.0. The van der Waals surface area contributed by atoms with Crippen molar-refractivity contribution in [2.75, 3.05) is 6.54 Å². The number of likely N-dealkylation sites (tertiary alicyclic amines) is 2. The summed E-state index contributed by atoms with van der Waals surface area (Å²) in [5.41, 5.74) is -1.01. The summed E-state index contributed by atoms with van der Waals surface area (Å²) in [6.07, 6.45) is 3.20. The molecule has 19 heavy (non-hydrogen) atoms. The second-order valence-electron chi connectivity index (χ2n) is 5.93. The third-order valence-electron chi connectivity index (χ3n) is 4.60. The summed E-state index contributed by atoms with van der Waals surface area (Å²) in [6, 6.07) is -0.500. The molecule has 2 atom stereocenters. The highest BCUT2D eigenvalue weighted by molar-refractivity contribution is 6.06. The van der Waals surface area contributed by atoms with Crippen molar-refractivity contribution in [1.29, 1.82) is 0 Å². The van der Waals surface area contributed by atoms with Crippen molar-refractivity contribution in [3.63, 3.8) is 0 Å². The van der Waals surface area contributed by atoms with Crippen LogP contribution in [-0.2, 0) is 14.4 Å². The Labute approximate surface area is 111 Å². The second kappa shape index (κ2) is 4.03. The molecule has 3 aliphatic rings. The Bertz CT molecular complexity index is 460. The predicted molar refractivity (Wildman–Crippen MR) is 65.3 cm³/mol. The molecule has 2 aliphatic heterocycles. The van der Waals surface area contributed by atoms with Crippen LogP contribution in [0.4, 0.5) is 0 Å². The van der Waals surface area contributed by atoms with Gasteiger partial charge in [-0.2, -0.15) is 0 Å². The Hall–Kier alpha value is -1.43. The summed E-state index contributed by atoms with van der Waals surface area (Å²) in [6.45, 7) is 2.23. The Kier molecular flexibility index (Phi) is 2.67. The number of carboxylic acid groups (broad SMARTS) is 1. The first-order chi connectivity index (χ1) is 8.95. The molecule has 2 heterocycles. The van der Waals surface area contributed by atoms with Crippen molar-refractivity contribution in [1.82, 2.24) is 9.80 Å². The van der Waals surface area contributed by atoms with E-state index in [9.17, 15) is 19.5 Å². The lowest BCUT2D eigenvalue weighted by Crippen LogP contribution is -2.55. The quantitative estimate of drug-likeness (QED) is 0.739. The smallest absolute Gasteiger partial charge is 0.323 e. The summed E-state index contributed by atoms with van der Waals surface area (Å²) in [5, 5.41) is 9.39. The Balaban J connectivity index is 1.84. The van der Waals surface area contributed by atoms with E-state index in [0.29, 0.717) is 13.0 Å². The van der Waals surface area contributed by atoms with Gasteiger partial charge in [-0.1, -0.05) is 0 Å². The maximum Gasteiger partial charge on any atom is 0.323 e. The molecule has 1 saturated carbocycles. The van der Waals surface area contributed by atoms with Gasteiger partial charge in [-0.15, -0.1) is 0 Å². The van der Waals surface area contributed by atoms with E-state index in [1.165, 1.54) is 4.90 Å². The SMILES string of the molecule is CC1(C(=O)O)CCCN1C1CC(=O)N(C2CC2)C1=O. The second-order valence-corrected chi connectivity index (χ2v) is 5.93. The van der Waals surface area contributed by atoms with Crippen molar-refractivity contribution in [3.8, 4) is 0 Å². The van der Waals surface area contributed by atoms with E-state index < -0.39 is 17.6 Å². The van der Waals surface area contributed by atoms with Gasteiger partial charge in [0.2, 0.25) is 11.8 Å². The van der Waals surface area contributed by atoms with Crippen molar-refractivity contribution >= 4 is 17.8 Å². The molecule has 6 nitrogen and oxygen atoms in total. The number of aliphatic carboxylic acids is 1. The monoisotopic (exact) mass is 266 g/mol. The third kappa shape index (κ3) is 1.77. The fraction of sp³-hybridized carbons (Fsp3) is 0.769. The van der Waals surface area contributed by atoms with Crippen molar-refractivity contribution in [3.05, 3.63) is 0 Å². The Morgan fingerprint density at radius 1 is 1.37 bits per heavy atom. The highest BCUT2D eigenvalue weighted by atomic mass is 16.4. The molecule has 0 aromatic heterocycles. The molecule has 0 bridgehead atoms. The number of carboxylic acids is 1. The van der Waals surface area contributed by atoms with E-state index in [-0.39, 0.29) is 24.3 Å². The van der Waals surface area contributed by atoms with Crippen LogP contribution in [0, 0.1) is 0 Å². The van der Waals surface area contributed by atoms with Gasteiger partial charge in [-0.25, -0.2) is 0 Å². The third-order valence-corrected chi connectivity index (χ3v) is 4.60. The van der Waals surface area contributed by atoms with Gasteiger partial charge in [-0.3, -0.25) is 24.2 Å². The molecular weight excluding hydrogens is 248 g/mol. The van der Waals surface area contributed by atoms with Gasteiger partial charge in [0, 0.05) is 12.6 Å². The lowest BCUT2D eigenvalue weighted by atomic mass is 9.97. The molecule has 3 rings (SSSR count). The van der Waals surface area contributed by atoms with E-state index in [0.717, 1.165) is 19.3 Å². The number of imide groups is 1. The lowest BCUT2D eigenvalue weighted by Gasteiger charge is -2.34. The van der Waals surface area contributed by atoms with E-state index >= 15 is 0 Å². The molecule has 2 unspecified atom stereocenters. The van der Waals surface area contributed by atoms with Crippen LogP contribution in [0.3, 0.4) is 0 Å². The highest BCUT2D eigenvalue weighted by Crippen LogP contribution is 2.38. The molecule has 104 valence electrons. The van der Waals surface area contributed by atoms with Crippen LogP contribution in [0.25, 0.3) is 0 Å². The largest absolute Gasteiger partial charge is 0.480 e. The minimum Gasteiger partial charge on any atom is -0.480 e. The maximum atomic E-state index is 12.4. The van der Waals surface area contributed by atoms with Gasteiger partial charge >= 0.3 is 5.97 Å². The van der Waals surface area contributed by atoms with Crippen LogP contribution < -0.4 is 0 Å². The van der Waals surface area contributed by atoms with E-state index in [2.05, 4.69) is 0 Å². The van der Waals surface area contributed by atoms with E-state index in [1.54, 1.807) is 11.8 Å². The van der Waals surface area contributed by atoms with Gasteiger partial charge in [-0.05, 0) is 32.6 Å². The van der Waals surface area contributed by atoms with Crippen LogP contribution in [0.15, 0.2) is 0 Å². The van der Waals surface area contributed by atoms with Crippen LogP contribution in [0.1, 0.15) is 39.0 Å². The summed E-state index contributed by atoms with van der Waals surface area (Å²) in [5.74, 6) is -1.24. The van der Waals surface area contributed by atoms with E-state index in [1.807, 2.05) is 0 Å². The highest BCUT2D eigenvalue weighted by Gasteiger charge is 2.54. The first kappa shape index (κ1) is 12.6. The molecule has 3 fully saturated rings. The van der Waals surface area contributed by atoms with Gasteiger partial charge in [0.15, 0.2) is 0 Å². The number of amides is 2. The Morgan fingerprint density at radius 3 is 2.63 bits per heavy atom. The summed E-state index contributed by atoms with van der Waals surface area (Å²) >= 11 is 0. The number of hydrogen-bond donors (Lipinski definition) is 1. The predicted octanol–water partition coefficient (Wildman–Crippen LogP) is 0.215. The van der Waals surface area contributed by atoms with Crippen LogP contribution in [0.5, 0.6) is 0 Å². The molecule has 2 amide bonds. The van der Waals surface area contributed by atoms with E-state index in [4.69, 9.17) is 0 Å². The average Bonchev–Trinajstić information content (AvgIpc) is 3.02. The molecule has 0 aromatic carbocycles. The van der Waals surface area contributed by atoms with Gasteiger partial charge in [0.1, 0.15) is 5.54 Å². The van der Waals surface area contributed by atoms with Crippen LogP contribution in [0.2, 0.25) is 0 Å². The zero-order chi connectivity index (χ0) is 13.8.